The number of benzene rings is 1. The van der Waals surface area contributed by atoms with E-state index in [1.807, 2.05) is 4.57 Å². The number of carbonyl (C=O) groups is 2. The molecular weight excluding hydrogens is 427 g/mol. The number of ether oxygens (including phenoxy) is 1. The van der Waals surface area contributed by atoms with Crippen LogP contribution in [-0.4, -0.2) is 39.0 Å². The Morgan fingerprint density at radius 3 is 2.83 bits per heavy atom. The maximum Gasteiger partial charge on any atom is 0.341 e. The lowest BCUT2D eigenvalue weighted by Crippen LogP contribution is -2.16. The monoisotopic (exact) mass is 446 g/mol. The van der Waals surface area contributed by atoms with Crippen LogP contribution in [0.2, 0.25) is 0 Å². The van der Waals surface area contributed by atoms with Crippen molar-refractivity contribution in [1.82, 2.24) is 14.8 Å². The standard InChI is InChI=1S/C20H19FN4O3S2/c1-2-28-19(27)14-9-10-29-18(14)22-16(26)11-30-20-24-23-17(25(20)12-7-8-12)13-5-3-4-6-15(13)21/h3-6,9-10,12H,2,7-8,11H2,1H3,(H,22,26). The van der Waals surface area contributed by atoms with E-state index in [1.165, 1.54) is 29.2 Å². The van der Waals surface area contributed by atoms with Crippen molar-refractivity contribution in [3.63, 3.8) is 0 Å². The molecule has 1 aromatic carbocycles. The van der Waals surface area contributed by atoms with Crippen molar-refractivity contribution in [2.75, 3.05) is 17.7 Å². The summed E-state index contributed by atoms with van der Waals surface area (Å²) in [5, 5.41) is 13.9. The first-order valence-electron chi connectivity index (χ1n) is 9.45. The summed E-state index contributed by atoms with van der Waals surface area (Å²) < 4.78 is 21.2. The molecule has 7 nitrogen and oxygen atoms in total. The third-order valence-corrected chi connectivity index (χ3v) is 6.21. The number of halogens is 1. The van der Waals surface area contributed by atoms with E-state index in [4.69, 9.17) is 4.74 Å². The fourth-order valence-corrected chi connectivity index (χ4v) is 4.53. The first-order valence-corrected chi connectivity index (χ1v) is 11.3. The number of anilines is 1. The van der Waals surface area contributed by atoms with Gasteiger partial charge in [-0.2, -0.15) is 0 Å². The second-order valence-electron chi connectivity index (χ2n) is 6.61. The van der Waals surface area contributed by atoms with E-state index in [1.54, 1.807) is 36.6 Å². The molecule has 1 aliphatic carbocycles. The molecule has 0 aliphatic heterocycles. The summed E-state index contributed by atoms with van der Waals surface area (Å²) in [6.07, 6.45) is 1.94. The zero-order valence-electron chi connectivity index (χ0n) is 16.1. The molecule has 0 spiro atoms. The maximum absolute atomic E-state index is 14.2. The van der Waals surface area contributed by atoms with Crippen LogP contribution in [0, 0.1) is 5.82 Å². The Hall–Kier alpha value is -2.72. The molecular formula is C20H19FN4O3S2. The molecule has 156 valence electrons. The number of aromatic nitrogens is 3. The van der Waals surface area contributed by atoms with E-state index in [0.717, 1.165) is 12.8 Å². The fraction of sp³-hybridized carbons (Fsp3) is 0.300. The number of amides is 1. The Labute approximate surface area is 180 Å². The molecule has 0 unspecified atom stereocenters. The summed E-state index contributed by atoms with van der Waals surface area (Å²) in [4.78, 5) is 24.4. The van der Waals surface area contributed by atoms with Crippen molar-refractivity contribution in [1.29, 1.82) is 0 Å². The van der Waals surface area contributed by atoms with Gasteiger partial charge in [0.2, 0.25) is 5.91 Å². The lowest BCUT2D eigenvalue weighted by atomic mass is 10.2. The smallest absolute Gasteiger partial charge is 0.341 e. The van der Waals surface area contributed by atoms with Crippen LogP contribution in [0.4, 0.5) is 9.39 Å². The molecule has 0 saturated heterocycles. The number of nitrogens with one attached hydrogen (secondary N) is 1. The highest BCUT2D eigenvalue weighted by Gasteiger charge is 2.31. The van der Waals surface area contributed by atoms with Crippen LogP contribution >= 0.6 is 23.1 Å². The van der Waals surface area contributed by atoms with Gasteiger partial charge in [0, 0.05) is 6.04 Å². The van der Waals surface area contributed by atoms with E-state index in [0.29, 0.717) is 27.1 Å². The van der Waals surface area contributed by atoms with Crippen LogP contribution in [0.3, 0.4) is 0 Å². The normalized spacial score (nSPS) is 13.3. The number of carbonyl (C=O) groups excluding carboxylic acids is 2. The van der Waals surface area contributed by atoms with E-state index in [-0.39, 0.29) is 30.1 Å². The SMILES string of the molecule is CCOC(=O)c1ccsc1NC(=O)CSc1nnc(-c2ccccc2F)n1C1CC1. The molecule has 30 heavy (non-hydrogen) atoms. The predicted molar refractivity (Wildman–Crippen MR) is 113 cm³/mol. The Kier molecular flexibility index (Phi) is 6.14. The molecule has 2 aromatic heterocycles. The highest BCUT2D eigenvalue weighted by Crippen LogP contribution is 2.41. The van der Waals surface area contributed by atoms with Crippen LogP contribution in [0.15, 0.2) is 40.9 Å². The highest BCUT2D eigenvalue weighted by molar-refractivity contribution is 7.99. The number of rotatable bonds is 8. The Morgan fingerprint density at radius 2 is 2.10 bits per heavy atom. The lowest BCUT2D eigenvalue weighted by Gasteiger charge is -2.09. The number of nitrogens with zero attached hydrogens (tertiary/aromatic N) is 3. The topological polar surface area (TPSA) is 86.1 Å². The molecule has 3 aromatic rings. The second-order valence-corrected chi connectivity index (χ2v) is 8.47. The maximum atomic E-state index is 14.2. The Morgan fingerprint density at radius 1 is 1.30 bits per heavy atom. The lowest BCUT2D eigenvalue weighted by molar-refractivity contribution is -0.113. The van der Waals surface area contributed by atoms with Gasteiger partial charge in [-0.15, -0.1) is 21.5 Å². The quantitative estimate of drug-likeness (QED) is 0.408. The third kappa shape index (κ3) is 4.39. The van der Waals surface area contributed by atoms with Gasteiger partial charge in [0.1, 0.15) is 10.8 Å². The van der Waals surface area contributed by atoms with Crippen LogP contribution in [-0.2, 0) is 9.53 Å². The van der Waals surface area contributed by atoms with Gasteiger partial charge in [0.15, 0.2) is 11.0 Å². The number of esters is 1. The molecule has 1 aliphatic rings. The summed E-state index contributed by atoms with van der Waals surface area (Å²) in [5.74, 6) is -0.537. The molecule has 0 radical (unpaired) electrons. The summed E-state index contributed by atoms with van der Waals surface area (Å²) >= 11 is 2.49. The van der Waals surface area contributed by atoms with Crippen molar-refractivity contribution in [3.05, 3.63) is 47.1 Å². The summed E-state index contributed by atoms with van der Waals surface area (Å²) in [6, 6.07) is 8.29. The third-order valence-electron chi connectivity index (χ3n) is 4.44. The zero-order chi connectivity index (χ0) is 21.1. The van der Waals surface area contributed by atoms with Gasteiger partial charge in [-0.3, -0.25) is 9.36 Å². The molecule has 1 fully saturated rings. The predicted octanol–water partition coefficient (Wildman–Crippen LogP) is 4.39. The van der Waals surface area contributed by atoms with Gasteiger partial charge >= 0.3 is 5.97 Å². The average molecular weight is 447 g/mol. The molecule has 1 amide bonds. The van der Waals surface area contributed by atoms with Gasteiger partial charge in [-0.25, -0.2) is 9.18 Å². The molecule has 2 heterocycles. The van der Waals surface area contributed by atoms with Crippen molar-refractivity contribution in [2.45, 2.75) is 31.0 Å². The molecule has 10 heteroatoms. The van der Waals surface area contributed by atoms with Crippen LogP contribution in [0.25, 0.3) is 11.4 Å². The van der Waals surface area contributed by atoms with Gasteiger partial charge in [0.25, 0.3) is 0 Å². The Bertz CT molecular complexity index is 1080. The zero-order valence-corrected chi connectivity index (χ0v) is 17.8. The van der Waals surface area contributed by atoms with Crippen LogP contribution in [0.5, 0.6) is 0 Å². The van der Waals surface area contributed by atoms with Crippen molar-refractivity contribution in [2.24, 2.45) is 0 Å². The van der Waals surface area contributed by atoms with Gasteiger partial charge in [0.05, 0.1) is 23.5 Å². The largest absolute Gasteiger partial charge is 0.462 e. The first-order chi connectivity index (χ1) is 14.6. The highest BCUT2D eigenvalue weighted by atomic mass is 32.2. The molecule has 1 saturated carbocycles. The molecule has 4 rings (SSSR count). The molecule has 1 N–H and O–H groups in total. The Balaban J connectivity index is 1.46. The number of hydrogen-bond acceptors (Lipinski definition) is 7. The van der Waals surface area contributed by atoms with Crippen molar-refractivity contribution < 1.29 is 18.7 Å². The molecule has 0 atom stereocenters. The fourth-order valence-electron chi connectivity index (χ4n) is 2.93. The second kappa shape index (κ2) is 8.97. The van der Waals surface area contributed by atoms with Crippen molar-refractivity contribution in [3.8, 4) is 11.4 Å². The number of thiophene rings is 1. The number of thioether (sulfide) groups is 1. The molecule has 0 bridgehead atoms. The van der Waals surface area contributed by atoms with E-state index in [9.17, 15) is 14.0 Å². The minimum absolute atomic E-state index is 0.0856. The van der Waals surface area contributed by atoms with Gasteiger partial charge < -0.3 is 10.1 Å². The van der Waals surface area contributed by atoms with E-state index < -0.39 is 5.97 Å². The first kappa shape index (κ1) is 20.5. The minimum atomic E-state index is -0.468. The van der Waals surface area contributed by atoms with Crippen LogP contribution in [0.1, 0.15) is 36.2 Å². The van der Waals surface area contributed by atoms with E-state index in [2.05, 4.69) is 15.5 Å². The summed E-state index contributed by atoms with van der Waals surface area (Å²) in [5.41, 5.74) is 0.731. The van der Waals surface area contributed by atoms with E-state index >= 15 is 0 Å². The van der Waals surface area contributed by atoms with Crippen LogP contribution < -0.4 is 5.32 Å². The van der Waals surface area contributed by atoms with Crippen molar-refractivity contribution >= 4 is 40.0 Å². The summed E-state index contributed by atoms with van der Waals surface area (Å²) in [6.45, 7) is 1.99. The van der Waals surface area contributed by atoms with Gasteiger partial charge in [-0.05, 0) is 43.3 Å². The van der Waals surface area contributed by atoms with Gasteiger partial charge in [-0.1, -0.05) is 23.9 Å². The number of hydrogen-bond donors (Lipinski definition) is 1. The minimum Gasteiger partial charge on any atom is -0.462 e. The average Bonchev–Trinajstić information content (AvgIpc) is 3.31. The summed E-state index contributed by atoms with van der Waals surface area (Å²) in [7, 11) is 0.